The van der Waals surface area contributed by atoms with E-state index in [9.17, 15) is 27.9 Å². The highest BCUT2D eigenvalue weighted by Gasteiger charge is 2.45. The lowest BCUT2D eigenvalue weighted by Gasteiger charge is -2.22. The van der Waals surface area contributed by atoms with Crippen LogP contribution in [-0.2, 0) is 35.0 Å². The first-order chi connectivity index (χ1) is 14.7. The number of thiazole rings is 1. The number of fused-ring (bicyclic) bond motifs is 1. The maximum absolute atomic E-state index is 12.7. The highest BCUT2D eigenvalue weighted by Crippen LogP contribution is 2.40. The molecule has 0 aliphatic heterocycles. The Balaban J connectivity index is 1.45. The summed E-state index contributed by atoms with van der Waals surface area (Å²) in [6, 6.07) is 12.2. The van der Waals surface area contributed by atoms with Crippen molar-refractivity contribution in [3.8, 4) is 10.6 Å². The monoisotopic (exact) mass is 445 g/mol. The van der Waals surface area contributed by atoms with Crippen LogP contribution in [0.25, 0.3) is 10.6 Å². The zero-order valence-electron chi connectivity index (χ0n) is 16.3. The molecule has 0 unspecified atom stereocenters. The fourth-order valence-corrected chi connectivity index (χ4v) is 4.84. The standard InChI is InChI=1S/C23H18F3NO3S/c24-23(25,26)17-7-5-14(6-8-17)20-27-18(13-31-20)9-19(28)12-22(21(29)30)10-15-3-1-2-4-16(15)11-22/h1-8,13H,9-12H2,(H,29,30). The van der Waals surface area contributed by atoms with Crippen LogP contribution in [-0.4, -0.2) is 21.8 Å². The molecule has 0 saturated heterocycles. The Hall–Kier alpha value is -3.00. The fourth-order valence-electron chi connectivity index (χ4n) is 4.01. The molecule has 2 aromatic carbocycles. The molecule has 0 bridgehead atoms. The van der Waals surface area contributed by atoms with Crippen molar-refractivity contribution in [1.82, 2.24) is 4.98 Å². The van der Waals surface area contributed by atoms with Crippen molar-refractivity contribution in [1.29, 1.82) is 0 Å². The Morgan fingerprint density at radius 2 is 1.65 bits per heavy atom. The molecule has 1 aliphatic rings. The number of ketones is 1. The van der Waals surface area contributed by atoms with Gasteiger partial charge in [-0.05, 0) is 36.1 Å². The summed E-state index contributed by atoms with van der Waals surface area (Å²) in [6.07, 6.45) is -3.87. The number of carboxylic acid groups (broad SMARTS) is 1. The van der Waals surface area contributed by atoms with Gasteiger partial charge in [-0.3, -0.25) is 9.59 Å². The van der Waals surface area contributed by atoms with Crippen LogP contribution < -0.4 is 0 Å². The molecule has 1 aromatic heterocycles. The minimum Gasteiger partial charge on any atom is -0.481 e. The molecule has 0 fully saturated rings. The third-order valence-corrected chi connectivity index (χ3v) is 6.49. The van der Waals surface area contributed by atoms with E-state index >= 15 is 0 Å². The topological polar surface area (TPSA) is 67.3 Å². The van der Waals surface area contributed by atoms with Gasteiger partial charge in [0.1, 0.15) is 10.8 Å². The number of carbonyl (C=O) groups excluding carboxylic acids is 1. The van der Waals surface area contributed by atoms with Gasteiger partial charge in [0.2, 0.25) is 0 Å². The summed E-state index contributed by atoms with van der Waals surface area (Å²) in [7, 11) is 0. The molecule has 31 heavy (non-hydrogen) atoms. The van der Waals surface area contributed by atoms with Crippen molar-refractivity contribution < 1.29 is 27.9 Å². The van der Waals surface area contributed by atoms with Crippen LogP contribution in [0.2, 0.25) is 0 Å². The lowest BCUT2D eigenvalue weighted by Crippen LogP contribution is -2.34. The van der Waals surface area contributed by atoms with Gasteiger partial charge in [0.25, 0.3) is 0 Å². The van der Waals surface area contributed by atoms with Crippen LogP contribution in [0.5, 0.6) is 0 Å². The van der Waals surface area contributed by atoms with Crippen LogP contribution in [0.4, 0.5) is 13.2 Å². The minimum atomic E-state index is -4.40. The molecule has 3 aromatic rings. The van der Waals surface area contributed by atoms with Crippen molar-refractivity contribution in [2.24, 2.45) is 5.41 Å². The van der Waals surface area contributed by atoms with E-state index in [-0.39, 0.29) is 18.6 Å². The van der Waals surface area contributed by atoms with E-state index in [2.05, 4.69) is 4.98 Å². The number of Topliss-reactive ketones (excluding diaryl/α,β-unsaturated/α-hetero) is 1. The minimum absolute atomic E-state index is 0.0114. The molecule has 4 nitrogen and oxygen atoms in total. The fraction of sp³-hybridized carbons (Fsp3) is 0.261. The van der Waals surface area contributed by atoms with Gasteiger partial charge < -0.3 is 5.11 Å². The number of rotatable bonds is 6. The van der Waals surface area contributed by atoms with E-state index in [0.717, 1.165) is 23.3 Å². The summed E-state index contributed by atoms with van der Waals surface area (Å²) in [5.41, 5.74) is 1.05. The molecule has 0 saturated carbocycles. The lowest BCUT2D eigenvalue weighted by atomic mass is 9.79. The molecular weight excluding hydrogens is 427 g/mol. The van der Waals surface area contributed by atoms with Gasteiger partial charge in [0, 0.05) is 23.8 Å². The van der Waals surface area contributed by atoms with Gasteiger partial charge in [-0.25, -0.2) is 4.98 Å². The quantitative estimate of drug-likeness (QED) is 0.566. The first-order valence-corrected chi connectivity index (χ1v) is 10.5. The molecule has 0 atom stereocenters. The average Bonchev–Trinajstić information content (AvgIpc) is 3.32. The van der Waals surface area contributed by atoms with Crippen LogP contribution >= 0.6 is 11.3 Å². The Labute approximate surface area is 180 Å². The SMILES string of the molecule is O=C(Cc1csc(-c2ccc(C(F)(F)F)cc2)n1)CC1(C(=O)O)Cc2ccccc2C1. The van der Waals surface area contributed by atoms with E-state index in [4.69, 9.17) is 0 Å². The number of hydrogen-bond acceptors (Lipinski definition) is 4. The number of benzene rings is 2. The van der Waals surface area contributed by atoms with Crippen molar-refractivity contribution in [2.75, 3.05) is 0 Å². The van der Waals surface area contributed by atoms with Gasteiger partial charge in [-0.2, -0.15) is 13.2 Å². The summed E-state index contributed by atoms with van der Waals surface area (Å²) in [5.74, 6) is -1.21. The van der Waals surface area contributed by atoms with Gasteiger partial charge >= 0.3 is 12.1 Å². The number of aromatic nitrogens is 1. The predicted molar refractivity (Wildman–Crippen MR) is 110 cm³/mol. The summed E-state index contributed by atoms with van der Waals surface area (Å²) >= 11 is 1.24. The first-order valence-electron chi connectivity index (χ1n) is 9.60. The van der Waals surface area contributed by atoms with Crippen LogP contribution in [0.15, 0.2) is 53.9 Å². The Bertz CT molecular complexity index is 1110. The maximum Gasteiger partial charge on any atom is 0.416 e. The van der Waals surface area contributed by atoms with Crippen molar-refractivity contribution in [2.45, 2.75) is 31.9 Å². The number of halogens is 3. The molecular formula is C23H18F3NO3S. The van der Waals surface area contributed by atoms with E-state index in [0.29, 0.717) is 29.1 Å². The molecule has 8 heteroatoms. The normalized spacial score (nSPS) is 14.9. The molecule has 0 spiro atoms. The number of hydrogen-bond donors (Lipinski definition) is 1. The average molecular weight is 445 g/mol. The molecule has 0 radical (unpaired) electrons. The smallest absolute Gasteiger partial charge is 0.416 e. The predicted octanol–water partition coefficient (Wildman–Crippen LogP) is 5.20. The summed E-state index contributed by atoms with van der Waals surface area (Å²) < 4.78 is 38.2. The largest absolute Gasteiger partial charge is 0.481 e. The van der Waals surface area contributed by atoms with Gasteiger partial charge in [0.05, 0.1) is 16.7 Å². The van der Waals surface area contributed by atoms with E-state index in [1.165, 1.54) is 23.5 Å². The Morgan fingerprint density at radius 3 is 2.19 bits per heavy atom. The van der Waals surface area contributed by atoms with Crippen molar-refractivity contribution >= 4 is 23.1 Å². The molecule has 1 aliphatic carbocycles. The third kappa shape index (κ3) is 4.39. The van der Waals surface area contributed by atoms with Gasteiger partial charge in [-0.15, -0.1) is 11.3 Å². The number of alkyl halides is 3. The molecule has 1 N–H and O–H groups in total. The van der Waals surface area contributed by atoms with Crippen molar-refractivity contribution in [3.63, 3.8) is 0 Å². The van der Waals surface area contributed by atoms with Crippen LogP contribution in [0, 0.1) is 5.41 Å². The number of carbonyl (C=O) groups is 2. The molecule has 0 amide bonds. The Morgan fingerprint density at radius 1 is 1.03 bits per heavy atom. The zero-order valence-corrected chi connectivity index (χ0v) is 17.1. The summed E-state index contributed by atoms with van der Waals surface area (Å²) in [4.78, 5) is 29.1. The second-order valence-corrected chi connectivity index (χ2v) is 8.68. The lowest BCUT2D eigenvalue weighted by molar-refractivity contribution is -0.151. The van der Waals surface area contributed by atoms with E-state index < -0.39 is 23.1 Å². The summed E-state index contributed by atoms with van der Waals surface area (Å²) in [5, 5.41) is 12.0. The molecule has 1 heterocycles. The number of aliphatic carboxylic acids is 1. The number of carboxylic acids is 1. The van der Waals surface area contributed by atoms with E-state index in [1.54, 1.807) is 5.38 Å². The van der Waals surface area contributed by atoms with Crippen LogP contribution in [0.3, 0.4) is 0 Å². The zero-order chi connectivity index (χ0) is 22.2. The maximum atomic E-state index is 12.7. The number of nitrogens with zero attached hydrogens (tertiary/aromatic N) is 1. The highest BCUT2D eigenvalue weighted by molar-refractivity contribution is 7.13. The Kier molecular flexibility index (Phi) is 5.43. The van der Waals surface area contributed by atoms with E-state index in [1.807, 2.05) is 24.3 Å². The highest BCUT2D eigenvalue weighted by atomic mass is 32.1. The first kappa shape index (κ1) is 21.2. The second-order valence-electron chi connectivity index (χ2n) is 7.82. The van der Waals surface area contributed by atoms with Crippen LogP contribution in [0.1, 0.15) is 28.8 Å². The molecule has 4 rings (SSSR count). The molecule has 160 valence electrons. The summed E-state index contributed by atoms with van der Waals surface area (Å²) in [6.45, 7) is 0. The van der Waals surface area contributed by atoms with Gasteiger partial charge in [0.15, 0.2) is 0 Å². The second kappa shape index (κ2) is 7.92. The van der Waals surface area contributed by atoms with Gasteiger partial charge in [-0.1, -0.05) is 36.4 Å². The third-order valence-electron chi connectivity index (χ3n) is 5.55. The van der Waals surface area contributed by atoms with Crippen molar-refractivity contribution in [3.05, 3.63) is 76.3 Å².